The minimum atomic E-state index is -0.829. The first kappa shape index (κ1) is 15.0. The smallest absolute Gasteiger partial charge is 0.123 e. The van der Waals surface area contributed by atoms with Crippen LogP contribution in [0.15, 0.2) is 24.3 Å². The Morgan fingerprint density at radius 1 is 1.20 bits per heavy atom. The summed E-state index contributed by atoms with van der Waals surface area (Å²) < 4.78 is 0. The van der Waals surface area contributed by atoms with Crippen LogP contribution >= 0.6 is 11.3 Å². The second kappa shape index (κ2) is 5.54. The number of benzene rings is 1. The second-order valence-electron chi connectivity index (χ2n) is 5.65. The van der Waals surface area contributed by atoms with Crippen molar-refractivity contribution in [1.82, 2.24) is 4.98 Å². The van der Waals surface area contributed by atoms with Crippen molar-refractivity contribution in [3.8, 4) is 10.6 Å². The Hall–Kier alpha value is -1.39. The highest BCUT2D eigenvalue weighted by atomic mass is 32.1. The van der Waals surface area contributed by atoms with Crippen molar-refractivity contribution >= 4 is 17.0 Å². The van der Waals surface area contributed by atoms with Gasteiger partial charge >= 0.3 is 0 Å². The molecule has 0 saturated carbocycles. The predicted molar refractivity (Wildman–Crippen MR) is 86.5 cm³/mol. The molecule has 0 aliphatic carbocycles. The average Bonchev–Trinajstić information content (AvgIpc) is 2.83. The zero-order chi connectivity index (χ0) is 14.9. The molecule has 0 saturated heterocycles. The molecule has 108 valence electrons. The van der Waals surface area contributed by atoms with E-state index >= 15 is 0 Å². The van der Waals surface area contributed by atoms with Crippen LogP contribution < -0.4 is 4.90 Å². The fourth-order valence-corrected chi connectivity index (χ4v) is 3.26. The molecule has 1 aromatic carbocycles. The third kappa shape index (κ3) is 3.02. The molecule has 3 nitrogen and oxygen atoms in total. The van der Waals surface area contributed by atoms with Gasteiger partial charge in [0.2, 0.25) is 0 Å². The highest BCUT2D eigenvalue weighted by Crippen LogP contribution is 2.35. The van der Waals surface area contributed by atoms with Crippen molar-refractivity contribution in [2.75, 3.05) is 19.0 Å². The van der Waals surface area contributed by atoms with Gasteiger partial charge in [-0.2, -0.15) is 0 Å². The van der Waals surface area contributed by atoms with E-state index in [9.17, 15) is 5.11 Å². The third-order valence-corrected chi connectivity index (χ3v) is 4.68. The minimum Gasteiger partial charge on any atom is -0.385 e. The van der Waals surface area contributed by atoms with Crippen molar-refractivity contribution in [2.24, 2.45) is 0 Å². The number of aromatic nitrogens is 1. The van der Waals surface area contributed by atoms with Gasteiger partial charge in [0.1, 0.15) is 5.01 Å². The van der Waals surface area contributed by atoms with Gasteiger partial charge in [0.15, 0.2) is 0 Å². The molecule has 2 rings (SSSR count). The maximum atomic E-state index is 10.2. The predicted octanol–water partition coefficient (Wildman–Crippen LogP) is 3.67. The zero-order valence-electron chi connectivity index (χ0n) is 12.8. The quantitative estimate of drug-likeness (QED) is 0.933. The molecule has 0 fully saturated rings. The summed E-state index contributed by atoms with van der Waals surface area (Å²) in [7, 11) is 4.06. The lowest BCUT2D eigenvalue weighted by molar-refractivity contribution is 0.0814. The normalized spacial score (nSPS) is 11.7. The lowest BCUT2D eigenvalue weighted by Crippen LogP contribution is -2.15. The number of anilines is 1. The van der Waals surface area contributed by atoms with E-state index in [1.165, 1.54) is 5.69 Å². The Balaban J connectivity index is 2.40. The molecule has 2 aromatic rings. The standard InChI is InChI=1S/C16H22N2OS/c1-6-13-14(16(2,3)19)20-15(17-13)11-7-9-12(10-8-11)18(4)5/h7-10,19H,6H2,1-5H3. The first-order valence-electron chi connectivity index (χ1n) is 6.83. The Morgan fingerprint density at radius 3 is 2.20 bits per heavy atom. The molecular weight excluding hydrogens is 268 g/mol. The van der Waals surface area contributed by atoms with Gasteiger partial charge in [0.05, 0.1) is 16.2 Å². The molecule has 0 atom stereocenters. The van der Waals surface area contributed by atoms with Crippen LogP contribution in [-0.2, 0) is 12.0 Å². The fraction of sp³-hybridized carbons (Fsp3) is 0.438. The number of aryl methyl sites for hydroxylation is 1. The summed E-state index contributed by atoms with van der Waals surface area (Å²) in [4.78, 5) is 7.72. The van der Waals surface area contributed by atoms with Crippen LogP contribution in [0.2, 0.25) is 0 Å². The lowest BCUT2D eigenvalue weighted by atomic mass is 10.1. The molecule has 1 aromatic heterocycles. The molecule has 0 aliphatic rings. The van der Waals surface area contributed by atoms with Crippen LogP contribution in [0, 0.1) is 0 Å². The molecule has 0 unspecified atom stereocenters. The van der Waals surface area contributed by atoms with Crippen LogP contribution in [0.1, 0.15) is 31.3 Å². The topological polar surface area (TPSA) is 36.4 Å². The zero-order valence-corrected chi connectivity index (χ0v) is 13.6. The lowest BCUT2D eigenvalue weighted by Gasteiger charge is -2.15. The number of thiazole rings is 1. The van der Waals surface area contributed by atoms with E-state index in [-0.39, 0.29) is 0 Å². The van der Waals surface area contributed by atoms with Gasteiger partial charge < -0.3 is 10.0 Å². The van der Waals surface area contributed by atoms with Crippen molar-refractivity contribution in [2.45, 2.75) is 32.8 Å². The molecule has 20 heavy (non-hydrogen) atoms. The van der Waals surface area contributed by atoms with E-state index in [2.05, 4.69) is 41.1 Å². The monoisotopic (exact) mass is 290 g/mol. The van der Waals surface area contributed by atoms with Crippen LogP contribution in [0.25, 0.3) is 10.6 Å². The molecular formula is C16H22N2OS. The largest absolute Gasteiger partial charge is 0.385 e. The molecule has 1 N–H and O–H groups in total. The van der Waals surface area contributed by atoms with Crippen LogP contribution in [0.4, 0.5) is 5.69 Å². The summed E-state index contributed by atoms with van der Waals surface area (Å²) in [6.07, 6.45) is 0.839. The molecule has 0 bridgehead atoms. The number of nitrogens with zero attached hydrogens (tertiary/aromatic N) is 2. The summed E-state index contributed by atoms with van der Waals surface area (Å²) in [5, 5.41) is 11.2. The van der Waals surface area contributed by atoms with Crippen molar-refractivity contribution < 1.29 is 5.11 Å². The summed E-state index contributed by atoms with van der Waals surface area (Å²) >= 11 is 1.58. The van der Waals surface area contributed by atoms with E-state index in [0.717, 1.165) is 27.6 Å². The van der Waals surface area contributed by atoms with Gasteiger partial charge in [0.25, 0.3) is 0 Å². The van der Waals surface area contributed by atoms with E-state index < -0.39 is 5.60 Å². The number of hydrogen-bond acceptors (Lipinski definition) is 4. The van der Waals surface area contributed by atoms with Crippen molar-refractivity contribution in [3.05, 3.63) is 34.8 Å². The van der Waals surface area contributed by atoms with Crippen LogP contribution in [0.3, 0.4) is 0 Å². The summed E-state index contributed by atoms with van der Waals surface area (Å²) in [5.74, 6) is 0. The molecule has 1 heterocycles. The Kier molecular flexibility index (Phi) is 4.16. The van der Waals surface area contributed by atoms with Gasteiger partial charge in [-0.15, -0.1) is 11.3 Å². The van der Waals surface area contributed by atoms with E-state index in [0.29, 0.717) is 0 Å². The van der Waals surface area contributed by atoms with Gasteiger partial charge in [-0.25, -0.2) is 4.98 Å². The van der Waals surface area contributed by atoms with Gasteiger partial charge in [0, 0.05) is 25.3 Å². The maximum Gasteiger partial charge on any atom is 0.123 e. The van der Waals surface area contributed by atoms with Crippen LogP contribution in [-0.4, -0.2) is 24.2 Å². The van der Waals surface area contributed by atoms with E-state index in [1.807, 2.05) is 27.9 Å². The SMILES string of the molecule is CCc1nc(-c2ccc(N(C)C)cc2)sc1C(C)(C)O. The Morgan fingerprint density at radius 2 is 1.80 bits per heavy atom. The molecule has 0 amide bonds. The maximum absolute atomic E-state index is 10.2. The second-order valence-corrected chi connectivity index (χ2v) is 6.65. The van der Waals surface area contributed by atoms with Gasteiger partial charge in [-0.05, 0) is 44.5 Å². The number of hydrogen-bond donors (Lipinski definition) is 1. The number of rotatable bonds is 4. The molecule has 0 radical (unpaired) electrons. The third-order valence-electron chi connectivity index (χ3n) is 3.22. The summed E-state index contributed by atoms with van der Waals surface area (Å²) in [6, 6.07) is 8.35. The van der Waals surface area contributed by atoms with E-state index in [1.54, 1.807) is 11.3 Å². The Bertz CT molecular complexity index is 580. The summed E-state index contributed by atoms with van der Waals surface area (Å²) in [6.45, 7) is 5.71. The minimum absolute atomic E-state index is 0.829. The fourth-order valence-electron chi connectivity index (χ4n) is 2.09. The Labute approximate surface area is 124 Å². The molecule has 0 spiro atoms. The highest BCUT2D eigenvalue weighted by Gasteiger charge is 2.24. The summed E-state index contributed by atoms with van der Waals surface area (Å²) in [5.41, 5.74) is 2.44. The van der Waals surface area contributed by atoms with Crippen molar-refractivity contribution in [1.29, 1.82) is 0 Å². The van der Waals surface area contributed by atoms with Gasteiger partial charge in [-0.3, -0.25) is 0 Å². The van der Waals surface area contributed by atoms with Crippen LogP contribution in [0.5, 0.6) is 0 Å². The van der Waals surface area contributed by atoms with Crippen molar-refractivity contribution in [3.63, 3.8) is 0 Å². The first-order valence-corrected chi connectivity index (χ1v) is 7.65. The first-order chi connectivity index (χ1) is 9.32. The van der Waals surface area contributed by atoms with E-state index in [4.69, 9.17) is 0 Å². The van der Waals surface area contributed by atoms with Gasteiger partial charge in [-0.1, -0.05) is 6.92 Å². The number of aliphatic hydroxyl groups is 1. The average molecular weight is 290 g/mol. The molecule has 0 aliphatic heterocycles. The molecule has 4 heteroatoms. The highest BCUT2D eigenvalue weighted by molar-refractivity contribution is 7.15.